The van der Waals surface area contributed by atoms with Gasteiger partial charge in [-0.2, -0.15) is 0 Å². The van der Waals surface area contributed by atoms with Crippen LogP contribution in [0.4, 0.5) is 0 Å². The van der Waals surface area contributed by atoms with Gasteiger partial charge in [-0.05, 0) is 32.0 Å². The molecule has 46 valence electrons. The van der Waals surface area contributed by atoms with Crippen molar-refractivity contribution < 1.29 is 0 Å². The van der Waals surface area contributed by atoms with Crippen LogP contribution >= 0.6 is 0 Å². The molecule has 0 aromatic carbocycles. The van der Waals surface area contributed by atoms with Crippen molar-refractivity contribution in [2.24, 2.45) is 11.8 Å². The van der Waals surface area contributed by atoms with Gasteiger partial charge in [0, 0.05) is 6.04 Å². The normalized spacial score (nSPS) is 51.4. The molecule has 0 aromatic heterocycles. The number of rotatable bonds is 1. The predicted molar refractivity (Wildman–Crippen MR) is 32.7 cm³/mol. The van der Waals surface area contributed by atoms with Crippen LogP contribution in [0.5, 0.6) is 0 Å². The van der Waals surface area contributed by atoms with Crippen molar-refractivity contribution in [2.45, 2.75) is 6.04 Å². The highest BCUT2D eigenvalue weighted by Gasteiger charge is 2.51. The summed E-state index contributed by atoms with van der Waals surface area (Å²) in [5, 5.41) is 6.65. The van der Waals surface area contributed by atoms with E-state index in [-0.39, 0.29) is 0 Å². The number of piperidine rings is 1. The van der Waals surface area contributed by atoms with Crippen LogP contribution in [-0.2, 0) is 0 Å². The van der Waals surface area contributed by atoms with E-state index in [1.807, 2.05) is 0 Å². The SMILES string of the molecule is CN[C@H]1[C@@H]2CNC[C@@H]21. The lowest BCUT2D eigenvalue weighted by Crippen LogP contribution is -2.24. The molecular formula is C6H12N2. The van der Waals surface area contributed by atoms with Crippen molar-refractivity contribution in [1.29, 1.82) is 0 Å². The largest absolute Gasteiger partial charge is 0.316 e. The van der Waals surface area contributed by atoms with E-state index in [2.05, 4.69) is 17.7 Å². The quantitative estimate of drug-likeness (QED) is 0.474. The first-order chi connectivity index (χ1) is 3.93. The second-order valence-electron chi connectivity index (χ2n) is 2.80. The third kappa shape index (κ3) is 0.446. The van der Waals surface area contributed by atoms with Gasteiger partial charge in [0.2, 0.25) is 0 Å². The molecule has 2 fully saturated rings. The summed E-state index contributed by atoms with van der Waals surface area (Å²) in [5.41, 5.74) is 0. The Morgan fingerprint density at radius 3 is 2.38 bits per heavy atom. The van der Waals surface area contributed by atoms with Crippen LogP contribution in [-0.4, -0.2) is 26.2 Å². The van der Waals surface area contributed by atoms with Gasteiger partial charge in [-0.3, -0.25) is 0 Å². The Morgan fingerprint density at radius 1 is 1.38 bits per heavy atom. The van der Waals surface area contributed by atoms with E-state index in [0.29, 0.717) is 0 Å². The summed E-state index contributed by atoms with van der Waals surface area (Å²) in [7, 11) is 2.06. The second-order valence-corrected chi connectivity index (χ2v) is 2.80. The highest BCUT2D eigenvalue weighted by atomic mass is 15.1. The highest BCUT2D eigenvalue weighted by molar-refractivity contribution is 5.08. The summed E-state index contributed by atoms with van der Waals surface area (Å²) < 4.78 is 0. The Hall–Kier alpha value is -0.0800. The first kappa shape index (κ1) is 4.77. The third-order valence-corrected chi connectivity index (χ3v) is 2.43. The van der Waals surface area contributed by atoms with Gasteiger partial charge in [0.1, 0.15) is 0 Å². The van der Waals surface area contributed by atoms with E-state index in [1.54, 1.807) is 0 Å². The van der Waals surface area contributed by atoms with E-state index in [9.17, 15) is 0 Å². The number of hydrogen-bond donors (Lipinski definition) is 2. The van der Waals surface area contributed by atoms with Gasteiger partial charge in [0.25, 0.3) is 0 Å². The van der Waals surface area contributed by atoms with Crippen molar-refractivity contribution in [3.8, 4) is 0 Å². The van der Waals surface area contributed by atoms with Gasteiger partial charge >= 0.3 is 0 Å². The first-order valence-corrected chi connectivity index (χ1v) is 3.31. The Labute approximate surface area is 49.7 Å². The second kappa shape index (κ2) is 1.45. The fraction of sp³-hybridized carbons (Fsp3) is 1.00. The maximum absolute atomic E-state index is 3.35. The Morgan fingerprint density at radius 2 is 2.00 bits per heavy atom. The summed E-state index contributed by atoms with van der Waals surface area (Å²) in [5.74, 6) is 1.94. The topological polar surface area (TPSA) is 24.1 Å². The average molecular weight is 112 g/mol. The molecule has 2 heteroatoms. The van der Waals surface area contributed by atoms with E-state index in [4.69, 9.17) is 0 Å². The minimum Gasteiger partial charge on any atom is -0.316 e. The molecule has 0 spiro atoms. The average Bonchev–Trinajstić information content (AvgIpc) is 2.22. The number of hydrogen-bond acceptors (Lipinski definition) is 2. The molecule has 2 N–H and O–H groups in total. The van der Waals surface area contributed by atoms with Crippen LogP contribution in [0, 0.1) is 11.8 Å². The maximum Gasteiger partial charge on any atom is 0.0152 e. The molecule has 2 aliphatic rings. The number of nitrogens with one attached hydrogen (secondary N) is 2. The van der Waals surface area contributed by atoms with Crippen molar-refractivity contribution >= 4 is 0 Å². The van der Waals surface area contributed by atoms with Gasteiger partial charge in [-0.1, -0.05) is 0 Å². The van der Waals surface area contributed by atoms with E-state index >= 15 is 0 Å². The Balaban J connectivity index is 1.94. The lowest BCUT2D eigenvalue weighted by atomic mass is 10.4. The standard InChI is InChI=1S/C6H12N2/c1-7-6-4-2-8-3-5(4)6/h4-8H,2-3H2,1H3/t4-,5+,6+. The first-order valence-electron chi connectivity index (χ1n) is 3.31. The fourth-order valence-corrected chi connectivity index (χ4v) is 1.85. The monoisotopic (exact) mass is 112 g/mol. The highest BCUT2D eigenvalue weighted by Crippen LogP contribution is 2.40. The zero-order valence-electron chi connectivity index (χ0n) is 5.15. The van der Waals surface area contributed by atoms with Crippen LogP contribution in [0.25, 0.3) is 0 Å². The zero-order chi connectivity index (χ0) is 5.56. The molecule has 2 rings (SSSR count). The van der Waals surface area contributed by atoms with Crippen LogP contribution < -0.4 is 10.6 Å². The van der Waals surface area contributed by atoms with Gasteiger partial charge in [0.05, 0.1) is 0 Å². The van der Waals surface area contributed by atoms with Crippen LogP contribution in [0.2, 0.25) is 0 Å². The molecular weight excluding hydrogens is 100 g/mol. The molecule has 2 nitrogen and oxygen atoms in total. The molecule has 0 amide bonds. The fourth-order valence-electron chi connectivity index (χ4n) is 1.85. The molecule has 3 atom stereocenters. The lowest BCUT2D eigenvalue weighted by molar-refractivity contribution is 0.613. The van der Waals surface area contributed by atoms with Crippen LogP contribution in [0.1, 0.15) is 0 Å². The van der Waals surface area contributed by atoms with Crippen LogP contribution in [0.15, 0.2) is 0 Å². The van der Waals surface area contributed by atoms with E-state index in [0.717, 1.165) is 17.9 Å². The molecule has 0 unspecified atom stereocenters. The molecule has 8 heavy (non-hydrogen) atoms. The summed E-state index contributed by atoms with van der Waals surface area (Å²) in [6.45, 7) is 2.49. The minimum atomic E-state index is 0.858. The summed E-state index contributed by atoms with van der Waals surface area (Å²) in [6.07, 6.45) is 0. The van der Waals surface area contributed by atoms with Gasteiger partial charge in [0.15, 0.2) is 0 Å². The van der Waals surface area contributed by atoms with E-state index in [1.165, 1.54) is 13.1 Å². The molecule has 0 bridgehead atoms. The minimum absolute atomic E-state index is 0.858. The lowest BCUT2D eigenvalue weighted by Gasteiger charge is -1.99. The molecule has 1 aliphatic heterocycles. The van der Waals surface area contributed by atoms with Gasteiger partial charge < -0.3 is 10.6 Å². The zero-order valence-corrected chi connectivity index (χ0v) is 5.15. The molecule has 1 saturated heterocycles. The molecule has 0 aromatic rings. The summed E-state index contributed by atoms with van der Waals surface area (Å²) in [4.78, 5) is 0. The smallest absolute Gasteiger partial charge is 0.0152 e. The van der Waals surface area contributed by atoms with Crippen molar-refractivity contribution in [3.05, 3.63) is 0 Å². The van der Waals surface area contributed by atoms with E-state index < -0.39 is 0 Å². The van der Waals surface area contributed by atoms with Gasteiger partial charge in [-0.25, -0.2) is 0 Å². The molecule has 1 aliphatic carbocycles. The predicted octanol–water partition coefficient (Wildman–Crippen LogP) is -0.576. The Bertz CT molecular complexity index is 85.9. The summed E-state index contributed by atoms with van der Waals surface area (Å²) in [6, 6.07) is 0.858. The van der Waals surface area contributed by atoms with Crippen molar-refractivity contribution in [1.82, 2.24) is 10.6 Å². The maximum atomic E-state index is 3.35. The number of fused-ring (bicyclic) bond motifs is 1. The molecule has 1 heterocycles. The van der Waals surface area contributed by atoms with Crippen LogP contribution in [0.3, 0.4) is 0 Å². The Kier molecular flexibility index (Phi) is 0.866. The van der Waals surface area contributed by atoms with Crippen molar-refractivity contribution in [3.63, 3.8) is 0 Å². The molecule has 1 saturated carbocycles. The van der Waals surface area contributed by atoms with Crippen molar-refractivity contribution in [2.75, 3.05) is 20.1 Å². The third-order valence-electron chi connectivity index (χ3n) is 2.43. The van der Waals surface area contributed by atoms with Gasteiger partial charge in [-0.15, -0.1) is 0 Å². The summed E-state index contributed by atoms with van der Waals surface area (Å²) >= 11 is 0. The molecule has 0 radical (unpaired) electrons.